The normalized spacial score (nSPS) is 11.9. The molecule has 0 aliphatic heterocycles. The molecular formula is C11H13NO4. The first-order valence-electron chi connectivity index (χ1n) is 4.76. The Bertz CT molecular complexity index is 385. The van der Waals surface area contributed by atoms with Crippen LogP contribution in [0.25, 0.3) is 0 Å². The number of rotatable bonds is 4. The van der Waals surface area contributed by atoms with Gasteiger partial charge in [0, 0.05) is 7.05 Å². The van der Waals surface area contributed by atoms with E-state index >= 15 is 0 Å². The number of aliphatic hydroxyl groups is 1. The highest BCUT2D eigenvalue weighted by Gasteiger charge is 2.12. The van der Waals surface area contributed by atoms with Gasteiger partial charge < -0.3 is 15.5 Å². The molecule has 5 heteroatoms. The zero-order chi connectivity index (χ0) is 12.1. The van der Waals surface area contributed by atoms with Crippen molar-refractivity contribution in [3.8, 4) is 0 Å². The number of carboxylic acids is 1. The molecule has 0 saturated carbocycles. The Morgan fingerprint density at radius 1 is 1.31 bits per heavy atom. The zero-order valence-corrected chi connectivity index (χ0v) is 8.80. The van der Waals surface area contributed by atoms with Crippen LogP contribution in [0.4, 0.5) is 0 Å². The van der Waals surface area contributed by atoms with Crippen LogP contribution in [0.3, 0.4) is 0 Å². The van der Waals surface area contributed by atoms with Crippen molar-refractivity contribution in [1.82, 2.24) is 5.32 Å². The van der Waals surface area contributed by atoms with E-state index in [0.29, 0.717) is 5.56 Å². The minimum Gasteiger partial charge on any atom is -0.478 e. The summed E-state index contributed by atoms with van der Waals surface area (Å²) in [6.07, 6.45) is -0.953. The first-order chi connectivity index (χ1) is 7.54. The van der Waals surface area contributed by atoms with Gasteiger partial charge in [0.05, 0.1) is 18.1 Å². The van der Waals surface area contributed by atoms with Crippen LogP contribution in [0.15, 0.2) is 24.3 Å². The molecule has 0 saturated heterocycles. The Balaban J connectivity index is 2.73. The number of amides is 1. The first kappa shape index (κ1) is 12.2. The number of nitrogens with one attached hydrogen (secondary N) is 1. The zero-order valence-electron chi connectivity index (χ0n) is 8.80. The van der Waals surface area contributed by atoms with Gasteiger partial charge in [-0.1, -0.05) is 12.1 Å². The molecule has 0 aromatic heterocycles. The van der Waals surface area contributed by atoms with Crippen LogP contribution in [-0.4, -0.2) is 29.1 Å². The predicted octanol–water partition coefficient (Wildman–Crippen LogP) is 0.554. The lowest BCUT2D eigenvalue weighted by molar-refractivity contribution is -0.122. The second-order valence-electron chi connectivity index (χ2n) is 3.32. The molecule has 5 nitrogen and oxygen atoms in total. The molecule has 0 aliphatic carbocycles. The number of carbonyl (C=O) groups excluding carboxylic acids is 1. The third-order valence-corrected chi connectivity index (χ3v) is 2.20. The van der Waals surface area contributed by atoms with E-state index in [0.717, 1.165) is 0 Å². The molecule has 86 valence electrons. The van der Waals surface area contributed by atoms with E-state index in [-0.39, 0.29) is 17.9 Å². The summed E-state index contributed by atoms with van der Waals surface area (Å²) in [5.74, 6) is -1.29. The van der Waals surface area contributed by atoms with Gasteiger partial charge in [-0.2, -0.15) is 0 Å². The van der Waals surface area contributed by atoms with E-state index in [2.05, 4.69) is 5.32 Å². The van der Waals surface area contributed by atoms with Gasteiger partial charge in [-0.05, 0) is 17.7 Å². The van der Waals surface area contributed by atoms with Crippen LogP contribution in [0.2, 0.25) is 0 Å². The fourth-order valence-electron chi connectivity index (χ4n) is 1.24. The molecule has 1 rings (SSSR count). The van der Waals surface area contributed by atoms with E-state index in [1.165, 1.54) is 31.3 Å². The van der Waals surface area contributed by atoms with Crippen LogP contribution in [0.5, 0.6) is 0 Å². The summed E-state index contributed by atoms with van der Waals surface area (Å²) in [5.41, 5.74) is 0.671. The molecule has 16 heavy (non-hydrogen) atoms. The molecular weight excluding hydrogens is 210 g/mol. The number of aliphatic hydroxyl groups excluding tert-OH is 1. The third-order valence-electron chi connectivity index (χ3n) is 2.20. The second kappa shape index (κ2) is 5.27. The van der Waals surface area contributed by atoms with Crippen LogP contribution >= 0.6 is 0 Å². The average molecular weight is 223 g/mol. The van der Waals surface area contributed by atoms with Gasteiger partial charge in [0.1, 0.15) is 0 Å². The summed E-state index contributed by atoms with van der Waals surface area (Å²) in [6, 6.07) is 5.78. The third kappa shape index (κ3) is 3.06. The van der Waals surface area contributed by atoms with Crippen molar-refractivity contribution in [3.63, 3.8) is 0 Å². The summed E-state index contributed by atoms with van der Waals surface area (Å²) in [6.45, 7) is 0. The number of benzene rings is 1. The topological polar surface area (TPSA) is 86.6 Å². The van der Waals surface area contributed by atoms with Gasteiger partial charge in [-0.15, -0.1) is 0 Å². The van der Waals surface area contributed by atoms with Crippen molar-refractivity contribution < 1.29 is 19.8 Å². The smallest absolute Gasteiger partial charge is 0.335 e. The molecule has 0 radical (unpaired) electrons. The highest BCUT2D eigenvalue weighted by atomic mass is 16.4. The summed E-state index contributed by atoms with van der Waals surface area (Å²) in [5, 5.41) is 20.7. The summed E-state index contributed by atoms with van der Waals surface area (Å²) >= 11 is 0. The summed E-state index contributed by atoms with van der Waals surface area (Å²) in [4.78, 5) is 21.6. The maximum absolute atomic E-state index is 11.0. The van der Waals surface area contributed by atoms with E-state index in [4.69, 9.17) is 5.11 Å². The second-order valence-corrected chi connectivity index (χ2v) is 3.32. The summed E-state index contributed by atoms with van der Waals surface area (Å²) in [7, 11) is 1.49. The quantitative estimate of drug-likeness (QED) is 0.695. The molecule has 0 heterocycles. The first-order valence-corrected chi connectivity index (χ1v) is 4.76. The van der Waals surface area contributed by atoms with Gasteiger partial charge in [0.25, 0.3) is 0 Å². The minimum atomic E-state index is -1.02. The number of carboxylic acid groups (broad SMARTS) is 1. The lowest BCUT2D eigenvalue weighted by Crippen LogP contribution is -2.20. The van der Waals surface area contributed by atoms with Crippen molar-refractivity contribution in [2.75, 3.05) is 7.05 Å². The lowest BCUT2D eigenvalue weighted by atomic mass is 10.0. The van der Waals surface area contributed by atoms with Gasteiger partial charge in [0.15, 0.2) is 0 Å². The van der Waals surface area contributed by atoms with Crippen LogP contribution in [0, 0.1) is 0 Å². The number of hydrogen-bond acceptors (Lipinski definition) is 3. The molecule has 1 aromatic carbocycles. The fraction of sp³-hybridized carbons (Fsp3) is 0.273. The van der Waals surface area contributed by atoms with Crippen molar-refractivity contribution in [3.05, 3.63) is 35.4 Å². The van der Waals surface area contributed by atoms with Crippen LogP contribution < -0.4 is 5.32 Å². The highest BCUT2D eigenvalue weighted by molar-refractivity contribution is 5.87. The van der Waals surface area contributed by atoms with E-state index < -0.39 is 12.1 Å². The number of aromatic carboxylic acids is 1. The molecule has 0 aliphatic rings. The number of hydrogen-bond donors (Lipinski definition) is 3. The SMILES string of the molecule is CNC(=O)CC(O)c1ccc(C(=O)O)cc1. The van der Waals surface area contributed by atoms with E-state index in [1.54, 1.807) is 0 Å². The van der Waals surface area contributed by atoms with Gasteiger partial charge >= 0.3 is 5.97 Å². The maximum Gasteiger partial charge on any atom is 0.335 e. The van der Waals surface area contributed by atoms with Crippen molar-refractivity contribution in [1.29, 1.82) is 0 Å². The Hall–Kier alpha value is -1.88. The molecule has 1 aromatic rings. The van der Waals surface area contributed by atoms with Gasteiger partial charge in [0.2, 0.25) is 5.91 Å². The Morgan fingerprint density at radius 2 is 1.88 bits per heavy atom. The summed E-state index contributed by atoms with van der Waals surface area (Å²) < 4.78 is 0. The maximum atomic E-state index is 11.0. The highest BCUT2D eigenvalue weighted by Crippen LogP contribution is 2.17. The van der Waals surface area contributed by atoms with Crippen LogP contribution in [-0.2, 0) is 4.79 Å². The van der Waals surface area contributed by atoms with E-state index in [9.17, 15) is 14.7 Å². The molecule has 1 amide bonds. The lowest BCUT2D eigenvalue weighted by Gasteiger charge is -2.09. The number of carbonyl (C=O) groups is 2. The largest absolute Gasteiger partial charge is 0.478 e. The molecule has 0 spiro atoms. The van der Waals surface area contributed by atoms with Crippen LogP contribution in [0.1, 0.15) is 28.4 Å². The molecule has 0 fully saturated rings. The van der Waals surface area contributed by atoms with Crippen molar-refractivity contribution in [2.45, 2.75) is 12.5 Å². The molecule has 3 N–H and O–H groups in total. The van der Waals surface area contributed by atoms with Crippen molar-refractivity contribution in [2.24, 2.45) is 0 Å². The standard InChI is InChI=1S/C11H13NO4/c1-12-10(14)6-9(13)7-2-4-8(5-3-7)11(15)16/h2-5,9,13H,6H2,1H3,(H,12,14)(H,15,16). The predicted molar refractivity (Wildman–Crippen MR) is 57.0 cm³/mol. The minimum absolute atomic E-state index is 0.0388. The van der Waals surface area contributed by atoms with E-state index in [1.807, 2.05) is 0 Å². The molecule has 1 unspecified atom stereocenters. The van der Waals surface area contributed by atoms with Crippen molar-refractivity contribution >= 4 is 11.9 Å². The Kier molecular flexibility index (Phi) is 4.02. The molecule has 1 atom stereocenters. The van der Waals surface area contributed by atoms with Gasteiger partial charge in [-0.3, -0.25) is 4.79 Å². The van der Waals surface area contributed by atoms with Gasteiger partial charge in [-0.25, -0.2) is 4.79 Å². The average Bonchev–Trinajstić information content (AvgIpc) is 2.28. The Labute approximate surface area is 92.7 Å². The monoisotopic (exact) mass is 223 g/mol. The fourth-order valence-corrected chi connectivity index (χ4v) is 1.24. The molecule has 0 bridgehead atoms. The Morgan fingerprint density at radius 3 is 2.31 bits per heavy atom.